The van der Waals surface area contributed by atoms with Gasteiger partial charge in [0.1, 0.15) is 12.6 Å². The van der Waals surface area contributed by atoms with Crippen molar-refractivity contribution in [1.29, 1.82) is 0 Å². The first kappa shape index (κ1) is 22.9. The van der Waals surface area contributed by atoms with Crippen LogP contribution in [0.15, 0.2) is 29.2 Å². The molecule has 7 nitrogen and oxygen atoms in total. The molecule has 2 N–H and O–H groups in total. The number of methoxy groups -OCH3 is 1. The second kappa shape index (κ2) is 9.18. The molecule has 0 fully saturated rings. The van der Waals surface area contributed by atoms with Gasteiger partial charge < -0.3 is 10.1 Å². The van der Waals surface area contributed by atoms with Gasteiger partial charge in [-0.15, -0.1) is 0 Å². The number of rotatable bonds is 8. The highest BCUT2D eigenvalue weighted by atomic mass is 32.2. The van der Waals surface area contributed by atoms with E-state index >= 15 is 0 Å². The molecule has 0 aliphatic heterocycles. The van der Waals surface area contributed by atoms with E-state index in [0.29, 0.717) is 6.42 Å². The molecule has 0 unspecified atom stereocenters. The van der Waals surface area contributed by atoms with Crippen molar-refractivity contribution < 1.29 is 35.9 Å². The van der Waals surface area contributed by atoms with Gasteiger partial charge >= 0.3 is 12.1 Å². The fraction of sp³-hybridized carbons (Fsp3) is 0.500. The quantitative estimate of drug-likeness (QED) is 0.637. The molecular formula is C16H21F3N2O5S. The Balaban J connectivity index is 2.95. The molecule has 0 aliphatic carbocycles. The van der Waals surface area contributed by atoms with Gasteiger partial charge in [-0.2, -0.15) is 17.9 Å². The topological polar surface area (TPSA) is 102 Å². The van der Waals surface area contributed by atoms with Crippen LogP contribution in [0.4, 0.5) is 13.2 Å². The van der Waals surface area contributed by atoms with Crippen LogP contribution in [0, 0.1) is 5.92 Å². The molecule has 0 spiro atoms. The molecule has 0 aliphatic rings. The number of nitrogens with one attached hydrogen (secondary N) is 2. The smallest absolute Gasteiger partial charge is 0.405 e. The lowest BCUT2D eigenvalue weighted by Crippen LogP contribution is -2.45. The second-order valence-corrected chi connectivity index (χ2v) is 7.54. The van der Waals surface area contributed by atoms with Gasteiger partial charge in [-0.3, -0.25) is 9.59 Å². The second-order valence-electron chi connectivity index (χ2n) is 5.83. The maximum atomic E-state index is 12.5. The number of halogens is 3. The zero-order valence-corrected chi connectivity index (χ0v) is 15.8. The van der Waals surface area contributed by atoms with Gasteiger partial charge in [0.15, 0.2) is 0 Å². The molecule has 152 valence electrons. The lowest BCUT2D eigenvalue weighted by Gasteiger charge is -2.21. The summed E-state index contributed by atoms with van der Waals surface area (Å²) in [6.45, 7) is 1.96. The highest BCUT2D eigenvalue weighted by molar-refractivity contribution is 7.89. The van der Waals surface area contributed by atoms with Crippen molar-refractivity contribution in [3.8, 4) is 0 Å². The maximum Gasteiger partial charge on any atom is 0.405 e. The van der Waals surface area contributed by atoms with Crippen molar-refractivity contribution in [3.05, 3.63) is 29.8 Å². The lowest BCUT2D eigenvalue weighted by atomic mass is 10.0. The predicted molar refractivity (Wildman–Crippen MR) is 90.4 cm³/mol. The average Bonchev–Trinajstić information content (AvgIpc) is 2.62. The van der Waals surface area contributed by atoms with Crippen LogP contribution in [0.2, 0.25) is 0 Å². The highest BCUT2D eigenvalue weighted by Gasteiger charge is 2.31. The minimum absolute atomic E-state index is 0.135. The molecular weight excluding hydrogens is 389 g/mol. The fourth-order valence-corrected chi connectivity index (χ4v) is 3.36. The number of esters is 1. The summed E-state index contributed by atoms with van der Waals surface area (Å²) in [5.74, 6) is -2.06. The first-order valence-electron chi connectivity index (χ1n) is 7.96. The maximum absolute atomic E-state index is 12.5. The van der Waals surface area contributed by atoms with Crippen LogP contribution in [-0.4, -0.2) is 46.2 Å². The molecule has 1 amide bonds. The number of sulfonamides is 1. The van der Waals surface area contributed by atoms with Gasteiger partial charge in [-0.1, -0.05) is 20.3 Å². The van der Waals surface area contributed by atoms with E-state index < -0.39 is 40.7 Å². The minimum Gasteiger partial charge on any atom is -0.468 e. The SMILES string of the molecule is CC[C@@H](C)[C@@H](NS(=O)(=O)c1ccc(C(=O)NCC(F)(F)F)cc1)C(=O)OC. The Hall–Kier alpha value is -2.14. The van der Waals surface area contributed by atoms with Crippen molar-refractivity contribution in [2.45, 2.75) is 37.4 Å². The molecule has 0 heterocycles. The summed E-state index contributed by atoms with van der Waals surface area (Å²) in [4.78, 5) is 23.2. The van der Waals surface area contributed by atoms with E-state index in [1.807, 2.05) is 0 Å². The van der Waals surface area contributed by atoms with E-state index in [1.54, 1.807) is 19.2 Å². The molecule has 1 aromatic rings. The largest absolute Gasteiger partial charge is 0.468 e. The Morgan fingerprint density at radius 1 is 1.19 bits per heavy atom. The summed E-state index contributed by atoms with van der Waals surface area (Å²) < 4.78 is 68.1. The van der Waals surface area contributed by atoms with E-state index in [-0.39, 0.29) is 16.4 Å². The third kappa shape index (κ3) is 6.83. The van der Waals surface area contributed by atoms with E-state index in [0.717, 1.165) is 31.4 Å². The lowest BCUT2D eigenvalue weighted by molar-refractivity contribution is -0.143. The van der Waals surface area contributed by atoms with E-state index in [1.165, 1.54) is 0 Å². The Morgan fingerprint density at radius 2 is 1.74 bits per heavy atom. The number of carbonyl (C=O) groups excluding carboxylic acids is 2. The zero-order valence-electron chi connectivity index (χ0n) is 15.0. The summed E-state index contributed by atoms with van der Waals surface area (Å²) >= 11 is 0. The van der Waals surface area contributed by atoms with Crippen molar-refractivity contribution in [2.24, 2.45) is 5.92 Å². The van der Waals surface area contributed by atoms with Crippen LogP contribution in [0.25, 0.3) is 0 Å². The summed E-state index contributed by atoms with van der Waals surface area (Å²) in [6.07, 6.45) is -4.04. The van der Waals surface area contributed by atoms with Crippen molar-refractivity contribution in [2.75, 3.05) is 13.7 Å². The summed E-state index contributed by atoms with van der Waals surface area (Å²) in [5.41, 5.74) is -0.135. The Bertz CT molecular complexity index is 763. The molecule has 0 aromatic heterocycles. The third-order valence-corrected chi connectivity index (χ3v) is 5.28. The van der Waals surface area contributed by atoms with Gasteiger partial charge in [0.2, 0.25) is 10.0 Å². The summed E-state index contributed by atoms with van der Waals surface area (Å²) in [5, 5.41) is 1.68. The molecule has 11 heteroatoms. The summed E-state index contributed by atoms with van der Waals surface area (Å²) in [7, 11) is -2.97. The van der Waals surface area contributed by atoms with Crippen molar-refractivity contribution in [3.63, 3.8) is 0 Å². The molecule has 0 saturated carbocycles. The standard InChI is InChI=1S/C16H21F3N2O5S/c1-4-10(2)13(15(23)26-3)21-27(24,25)12-7-5-11(6-8-12)14(22)20-9-16(17,18)19/h5-8,10,13,21H,4,9H2,1-3H3,(H,20,22)/t10-,13-/m1/s1. The van der Waals surface area contributed by atoms with Crippen molar-refractivity contribution in [1.82, 2.24) is 10.0 Å². The Kier molecular flexibility index (Phi) is 7.78. The van der Waals surface area contributed by atoms with Crippen LogP contribution < -0.4 is 10.0 Å². The number of carbonyl (C=O) groups is 2. The van der Waals surface area contributed by atoms with Crippen LogP contribution in [0.5, 0.6) is 0 Å². The van der Waals surface area contributed by atoms with Crippen LogP contribution in [0.1, 0.15) is 30.6 Å². The number of benzene rings is 1. The monoisotopic (exact) mass is 410 g/mol. The number of alkyl halides is 3. The van der Waals surface area contributed by atoms with E-state index in [2.05, 4.69) is 9.46 Å². The van der Waals surface area contributed by atoms with E-state index in [9.17, 15) is 31.2 Å². The Morgan fingerprint density at radius 3 is 2.19 bits per heavy atom. The van der Waals surface area contributed by atoms with Gasteiger partial charge in [-0.05, 0) is 30.2 Å². The first-order valence-corrected chi connectivity index (χ1v) is 9.44. The Labute approximate surface area is 155 Å². The average molecular weight is 410 g/mol. The van der Waals surface area contributed by atoms with Gasteiger partial charge in [0.05, 0.1) is 12.0 Å². The van der Waals surface area contributed by atoms with Gasteiger partial charge in [0, 0.05) is 5.56 Å². The fourth-order valence-electron chi connectivity index (χ4n) is 2.06. The number of hydrogen-bond acceptors (Lipinski definition) is 5. The third-order valence-electron chi connectivity index (χ3n) is 3.83. The van der Waals surface area contributed by atoms with Gasteiger partial charge in [-0.25, -0.2) is 8.42 Å². The van der Waals surface area contributed by atoms with Crippen LogP contribution in [0.3, 0.4) is 0 Å². The minimum atomic E-state index is -4.55. The number of ether oxygens (including phenoxy) is 1. The molecule has 0 saturated heterocycles. The molecule has 0 bridgehead atoms. The van der Waals surface area contributed by atoms with Crippen LogP contribution >= 0.6 is 0 Å². The van der Waals surface area contributed by atoms with E-state index in [4.69, 9.17) is 0 Å². The molecule has 0 radical (unpaired) electrons. The highest BCUT2D eigenvalue weighted by Crippen LogP contribution is 2.16. The van der Waals surface area contributed by atoms with Crippen molar-refractivity contribution >= 4 is 21.9 Å². The van der Waals surface area contributed by atoms with Gasteiger partial charge in [0.25, 0.3) is 5.91 Å². The molecule has 1 aromatic carbocycles. The number of amides is 1. The molecule has 27 heavy (non-hydrogen) atoms. The summed E-state index contributed by atoms with van der Waals surface area (Å²) in [6, 6.07) is 3.19. The number of hydrogen-bond donors (Lipinski definition) is 2. The molecule has 2 atom stereocenters. The zero-order chi connectivity index (χ0) is 20.8. The normalized spacial score (nSPS) is 14.3. The van der Waals surface area contributed by atoms with Crippen LogP contribution in [-0.2, 0) is 19.6 Å². The molecule has 1 rings (SSSR count). The predicted octanol–water partition coefficient (Wildman–Crippen LogP) is 1.84. The first-order chi connectivity index (χ1) is 12.4.